The highest BCUT2D eigenvalue weighted by molar-refractivity contribution is 6.33. The molecule has 3 nitrogen and oxygen atoms in total. The molecule has 1 N–H and O–H groups in total. The van der Waals surface area contributed by atoms with Crippen molar-refractivity contribution in [3.63, 3.8) is 0 Å². The zero-order valence-electron chi connectivity index (χ0n) is 9.48. The maximum absolute atomic E-state index is 10.3. The summed E-state index contributed by atoms with van der Waals surface area (Å²) in [4.78, 5) is 0. The summed E-state index contributed by atoms with van der Waals surface area (Å²) in [6.45, 7) is 1.84. The molecule has 0 aliphatic rings. The predicted molar refractivity (Wildman–Crippen MR) is 68.5 cm³/mol. The fourth-order valence-electron chi connectivity index (χ4n) is 1.78. The first-order chi connectivity index (χ1) is 7.99. The molecule has 0 amide bonds. The van der Waals surface area contributed by atoms with Crippen molar-refractivity contribution >= 4 is 23.2 Å². The van der Waals surface area contributed by atoms with Gasteiger partial charge in [-0.25, -0.2) is 0 Å². The Kier molecular flexibility index (Phi) is 3.43. The van der Waals surface area contributed by atoms with Gasteiger partial charge in [0.05, 0.1) is 5.69 Å². The Balaban J connectivity index is 2.46. The van der Waals surface area contributed by atoms with Crippen LogP contribution in [0.1, 0.15) is 22.9 Å². The summed E-state index contributed by atoms with van der Waals surface area (Å²) in [5.41, 5.74) is 2.10. The van der Waals surface area contributed by atoms with Gasteiger partial charge in [-0.15, -0.1) is 0 Å². The Labute approximate surface area is 110 Å². The minimum atomic E-state index is -0.810. The van der Waals surface area contributed by atoms with E-state index in [4.69, 9.17) is 23.2 Å². The van der Waals surface area contributed by atoms with Gasteiger partial charge in [-0.2, -0.15) is 5.10 Å². The molecular formula is C12H12Cl2N2O. The summed E-state index contributed by atoms with van der Waals surface area (Å²) in [6, 6.07) is 5.03. The number of rotatable bonds is 2. The first-order valence-electron chi connectivity index (χ1n) is 5.12. The van der Waals surface area contributed by atoms with E-state index in [1.165, 1.54) is 0 Å². The third-order valence-corrected chi connectivity index (χ3v) is 3.18. The zero-order chi connectivity index (χ0) is 12.6. The Morgan fingerprint density at radius 3 is 2.59 bits per heavy atom. The highest BCUT2D eigenvalue weighted by Crippen LogP contribution is 2.31. The number of aryl methyl sites for hydroxylation is 2. The normalized spacial score (nSPS) is 12.8. The molecule has 1 atom stereocenters. The minimum Gasteiger partial charge on any atom is -0.383 e. The SMILES string of the molecule is Cc1nn(C)cc1C(O)c1cc(Cl)ccc1Cl. The number of aromatic nitrogens is 2. The topological polar surface area (TPSA) is 38.0 Å². The van der Waals surface area contributed by atoms with Crippen LogP contribution in [-0.4, -0.2) is 14.9 Å². The van der Waals surface area contributed by atoms with Crippen LogP contribution in [0.2, 0.25) is 10.0 Å². The first-order valence-corrected chi connectivity index (χ1v) is 5.88. The summed E-state index contributed by atoms with van der Waals surface area (Å²) in [7, 11) is 1.81. The number of aliphatic hydroxyl groups is 1. The highest BCUT2D eigenvalue weighted by atomic mass is 35.5. The lowest BCUT2D eigenvalue weighted by atomic mass is 10.0. The number of hydrogen-bond acceptors (Lipinski definition) is 2. The van der Waals surface area contributed by atoms with Gasteiger partial charge in [-0.05, 0) is 25.1 Å². The van der Waals surface area contributed by atoms with Gasteiger partial charge in [0.2, 0.25) is 0 Å². The second-order valence-corrected chi connectivity index (χ2v) is 4.76. The lowest BCUT2D eigenvalue weighted by Crippen LogP contribution is -2.01. The molecule has 17 heavy (non-hydrogen) atoms. The highest BCUT2D eigenvalue weighted by Gasteiger charge is 2.18. The van der Waals surface area contributed by atoms with Crippen molar-refractivity contribution in [2.75, 3.05) is 0 Å². The summed E-state index contributed by atoms with van der Waals surface area (Å²) >= 11 is 12.0. The van der Waals surface area contributed by atoms with Gasteiger partial charge in [-0.3, -0.25) is 4.68 Å². The number of benzene rings is 1. The fourth-order valence-corrected chi connectivity index (χ4v) is 2.18. The van der Waals surface area contributed by atoms with Crippen molar-refractivity contribution in [2.45, 2.75) is 13.0 Å². The Hall–Kier alpha value is -1.03. The van der Waals surface area contributed by atoms with Gasteiger partial charge < -0.3 is 5.11 Å². The van der Waals surface area contributed by atoms with E-state index in [1.807, 2.05) is 14.0 Å². The van der Waals surface area contributed by atoms with Gasteiger partial charge in [-0.1, -0.05) is 23.2 Å². The molecule has 1 aromatic carbocycles. The van der Waals surface area contributed by atoms with Crippen LogP contribution in [0.4, 0.5) is 0 Å². The average molecular weight is 271 g/mol. The van der Waals surface area contributed by atoms with E-state index in [0.29, 0.717) is 15.6 Å². The molecule has 0 bridgehead atoms. The van der Waals surface area contributed by atoms with E-state index in [2.05, 4.69) is 5.10 Å². The molecule has 90 valence electrons. The van der Waals surface area contributed by atoms with Crippen LogP contribution >= 0.6 is 23.2 Å². The molecule has 0 saturated heterocycles. The zero-order valence-corrected chi connectivity index (χ0v) is 11.0. The maximum Gasteiger partial charge on any atom is 0.109 e. The van der Waals surface area contributed by atoms with Crippen molar-refractivity contribution in [3.05, 3.63) is 51.3 Å². The molecule has 2 aromatic rings. The van der Waals surface area contributed by atoms with Crippen LogP contribution in [0.5, 0.6) is 0 Å². The van der Waals surface area contributed by atoms with Gasteiger partial charge in [0, 0.05) is 34.4 Å². The van der Waals surface area contributed by atoms with Crippen LogP contribution < -0.4 is 0 Å². The fraction of sp³-hybridized carbons (Fsp3) is 0.250. The molecule has 0 fully saturated rings. The van der Waals surface area contributed by atoms with Gasteiger partial charge in [0.25, 0.3) is 0 Å². The minimum absolute atomic E-state index is 0.491. The Morgan fingerprint density at radius 1 is 1.29 bits per heavy atom. The van der Waals surface area contributed by atoms with Crippen molar-refractivity contribution in [1.29, 1.82) is 0 Å². The van der Waals surface area contributed by atoms with E-state index in [0.717, 1.165) is 11.3 Å². The number of halogens is 2. The lowest BCUT2D eigenvalue weighted by Gasteiger charge is -2.12. The van der Waals surface area contributed by atoms with Gasteiger partial charge in [0.15, 0.2) is 0 Å². The quantitative estimate of drug-likeness (QED) is 0.911. The number of nitrogens with zero attached hydrogens (tertiary/aromatic N) is 2. The van der Waals surface area contributed by atoms with Crippen LogP contribution in [0.15, 0.2) is 24.4 Å². The maximum atomic E-state index is 10.3. The second-order valence-electron chi connectivity index (χ2n) is 3.91. The van der Waals surface area contributed by atoms with E-state index < -0.39 is 6.10 Å². The van der Waals surface area contributed by atoms with E-state index in [9.17, 15) is 5.11 Å². The molecule has 1 unspecified atom stereocenters. The summed E-state index contributed by atoms with van der Waals surface area (Å²) in [6.07, 6.45) is 0.965. The molecule has 0 aliphatic carbocycles. The number of aliphatic hydroxyl groups excluding tert-OH is 1. The van der Waals surface area contributed by atoms with Gasteiger partial charge >= 0.3 is 0 Å². The molecular weight excluding hydrogens is 259 g/mol. The second kappa shape index (κ2) is 4.69. The average Bonchev–Trinajstić information content (AvgIpc) is 2.60. The van der Waals surface area contributed by atoms with E-state index in [-0.39, 0.29) is 0 Å². The van der Waals surface area contributed by atoms with E-state index >= 15 is 0 Å². The molecule has 0 aliphatic heterocycles. The van der Waals surface area contributed by atoms with Gasteiger partial charge in [0.1, 0.15) is 6.10 Å². The van der Waals surface area contributed by atoms with Crippen LogP contribution in [0.25, 0.3) is 0 Å². The molecule has 0 spiro atoms. The van der Waals surface area contributed by atoms with Crippen molar-refractivity contribution < 1.29 is 5.11 Å². The van der Waals surface area contributed by atoms with Crippen molar-refractivity contribution in [1.82, 2.24) is 9.78 Å². The van der Waals surface area contributed by atoms with Crippen molar-refractivity contribution in [3.8, 4) is 0 Å². The largest absolute Gasteiger partial charge is 0.383 e. The molecule has 1 heterocycles. The summed E-state index contributed by atoms with van der Waals surface area (Å²) < 4.78 is 1.66. The van der Waals surface area contributed by atoms with E-state index in [1.54, 1.807) is 29.1 Å². The van der Waals surface area contributed by atoms with Crippen LogP contribution in [0, 0.1) is 6.92 Å². The molecule has 0 radical (unpaired) electrons. The third-order valence-electron chi connectivity index (χ3n) is 2.60. The monoisotopic (exact) mass is 270 g/mol. The summed E-state index contributed by atoms with van der Waals surface area (Å²) in [5, 5.41) is 15.5. The molecule has 2 rings (SSSR count). The van der Waals surface area contributed by atoms with Crippen molar-refractivity contribution in [2.24, 2.45) is 7.05 Å². The molecule has 5 heteroatoms. The number of hydrogen-bond donors (Lipinski definition) is 1. The molecule has 1 aromatic heterocycles. The smallest absolute Gasteiger partial charge is 0.109 e. The van der Waals surface area contributed by atoms with Crippen LogP contribution in [-0.2, 0) is 7.05 Å². The Bertz CT molecular complexity index is 551. The third kappa shape index (κ3) is 2.46. The van der Waals surface area contributed by atoms with Crippen LogP contribution in [0.3, 0.4) is 0 Å². The lowest BCUT2D eigenvalue weighted by molar-refractivity contribution is 0.219. The predicted octanol–water partition coefficient (Wildman–Crippen LogP) is 3.12. The standard InChI is InChI=1S/C12H12Cl2N2O/c1-7-10(6-16(2)15-7)12(17)9-5-8(13)3-4-11(9)14/h3-6,12,17H,1-2H3. The Morgan fingerprint density at radius 2 is 2.00 bits per heavy atom. The first kappa shape index (κ1) is 12.4. The molecule has 0 saturated carbocycles. The summed E-state index contributed by atoms with van der Waals surface area (Å²) in [5.74, 6) is 0.